The first kappa shape index (κ1) is 15.0. The number of rotatable bonds is 1. The lowest BCUT2D eigenvalue weighted by Gasteiger charge is -2.02. The zero-order valence-electron chi connectivity index (χ0n) is 12.6. The zero-order valence-corrected chi connectivity index (χ0v) is 12.6. The molecule has 0 atom stereocenters. The Balaban J connectivity index is 0.000000774. The molecule has 2 nitrogen and oxygen atoms in total. The molecule has 2 aliphatic carbocycles. The monoisotopic (exact) mass is 279 g/mol. The minimum absolute atomic E-state index is 0.0640. The normalized spacial score (nSPS) is 15.4. The van der Waals surface area contributed by atoms with Crippen molar-refractivity contribution < 1.29 is 0 Å². The summed E-state index contributed by atoms with van der Waals surface area (Å²) in [6.45, 7) is 4.00. The Morgan fingerprint density at radius 3 is 2.62 bits per heavy atom. The van der Waals surface area contributed by atoms with Crippen molar-refractivity contribution >= 4 is 17.7 Å². The number of pyridine rings is 1. The topological polar surface area (TPSA) is 32.9 Å². The third-order valence-corrected chi connectivity index (χ3v) is 3.25. The highest BCUT2D eigenvalue weighted by molar-refractivity contribution is 5.73. The molecule has 108 valence electrons. The molecule has 1 aromatic rings. The van der Waals surface area contributed by atoms with Crippen LogP contribution in [0.2, 0.25) is 0 Å². The maximum atomic E-state index is 12.2. The predicted molar refractivity (Wildman–Crippen MR) is 91.2 cm³/mol. The molecule has 0 amide bonds. The number of aromatic nitrogens is 1. The Kier molecular flexibility index (Phi) is 5.33. The lowest BCUT2D eigenvalue weighted by atomic mass is 10.1. The van der Waals surface area contributed by atoms with Gasteiger partial charge in [0.1, 0.15) is 0 Å². The van der Waals surface area contributed by atoms with Crippen LogP contribution in [0.1, 0.15) is 32.4 Å². The maximum Gasteiger partial charge on any atom is 0.190 e. The quantitative estimate of drug-likeness (QED) is 0.842. The van der Waals surface area contributed by atoms with Gasteiger partial charge in [-0.2, -0.15) is 0 Å². The van der Waals surface area contributed by atoms with Crippen molar-refractivity contribution in [3.63, 3.8) is 0 Å². The number of allylic oxidation sites excluding steroid dienone is 8. The molecule has 0 bridgehead atoms. The predicted octanol–water partition coefficient (Wildman–Crippen LogP) is 2.82. The minimum Gasteiger partial charge on any atom is -0.355 e. The highest BCUT2D eigenvalue weighted by Crippen LogP contribution is 2.13. The largest absolute Gasteiger partial charge is 0.355 e. The zero-order chi connectivity index (χ0) is 15.1. The van der Waals surface area contributed by atoms with Gasteiger partial charge in [0.2, 0.25) is 0 Å². The van der Waals surface area contributed by atoms with Crippen LogP contribution in [-0.2, 0) is 0 Å². The van der Waals surface area contributed by atoms with Crippen molar-refractivity contribution in [3.05, 3.63) is 75.1 Å². The number of nitrogens with one attached hydrogen (secondary N) is 1. The van der Waals surface area contributed by atoms with E-state index in [0.29, 0.717) is 0 Å². The molecule has 1 N–H and O–H groups in total. The van der Waals surface area contributed by atoms with Gasteiger partial charge in [0, 0.05) is 22.3 Å². The Labute approximate surface area is 125 Å². The van der Waals surface area contributed by atoms with Crippen molar-refractivity contribution in [3.8, 4) is 0 Å². The highest BCUT2D eigenvalue weighted by Gasteiger charge is 2.03. The molecule has 21 heavy (non-hydrogen) atoms. The summed E-state index contributed by atoms with van der Waals surface area (Å²) >= 11 is 0. The number of H-pyrrole nitrogens is 1. The molecule has 3 rings (SSSR count). The van der Waals surface area contributed by atoms with E-state index in [1.165, 1.54) is 0 Å². The first-order valence-corrected chi connectivity index (χ1v) is 7.49. The summed E-state index contributed by atoms with van der Waals surface area (Å²) < 4.78 is 0. The van der Waals surface area contributed by atoms with Crippen LogP contribution in [0.3, 0.4) is 0 Å². The van der Waals surface area contributed by atoms with Gasteiger partial charge in [-0.05, 0) is 24.5 Å². The van der Waals surface area contributed by atoms with E-state index >= 15 is 0 Å². The summed E-state index contributed by atoms with van der Waals surface area (Å²) in [5, 5.41) is 1.65. The molecular formula is C19H21NO. The van der Waals surface area contributed by atoms with Gasteiger partial charge in [0.25, 0.3) is 0 Å². The summed E-state index contributed by atoms with van der Waals surface area (Å²) in [5.74, 6) is 0. The van der Waals surface area contributed by atoms with Crippen LogP contribution in [0.4, 0.5) is 0 Å². The lowest BCUT2D eigenvalue weighted by Crippen LogP contribution is -2.41. The van der Waals surface area contributed by atoms with Crippen molar-refractivity contribution in [1.82, 2.24) is 4.98 Å². The van der Waals surface area contributed by atoms with E-state index in [0.717, 1.165) is 34.7 Å². The summed E-state index contributed by atoms with van der Waals surface area (Å²) in [6, 6.07) is 1.68. The highest BCUT2D eigenvalue weighted by atomic mass is 16.1. The van der Waals surface area contributed by atoms with E-state index in [9.17, 15) is 4.79 Å². The molecule has 1 aromatic heterocycles. The first-order valence-electron chi connectivity index (χ1n) is 7.49. The average Bonchev–Trinajstić information content (AvgIpc) is 2.92. The molecule has 0 aliphatic heterocycles. The Morgan fingerprint density at radius 1 is 1.00 bits per heavy atom. The SMILES string of the molecule is CC.O=c1cc(C2=CC=CCC=C2)[nH]c2c1=CC=CCC=2. The summed E-state index contributed by atoms with van der Waals surface area (Å²) in [5.41, 5.74) is 1.98. The van der Waals surface area contributed by atoms with E-state index in [1.54, 1.807) is 6.07 Å². The Morgan fingerprint density at radius 2 is 1.76 bits per heavy atom. The molecule has 0 saturated heterocycles. The van der Waals surface area contributed by atoms with Gasteiger partial charge >= 0.3 is 0 Å². The van der Waals surface area contributed by atoms with Crippen LogP contribution in [0.5, 0.6) is 0 Å². The van der Waals surface area contributed by atoms with Gasteiger partial charge in [0.05, 0.1) is 0 Å². The van der Waals surface area contributed by atoms with Crippen molar-refractivity contribution in [2.24, 2.45) is 0 Å². The molecule has 2 heteroatoms. The van der Waals surface area contributed by atoms with Crippen LogP contribution in [-0.4, -0.2) is 4.98 Å². The van der Waals surface area contributed by atoms with E-state index in [2.05, 4.69) is 29.3 Å². The summed E-state index contributed by atoms with van der Waals surface area (Å²) in [7, 11) is 0. The van der Waals surface area contributed by atoms with Crippen LogP contribution in [0.15, 0.2) is 53.4 Å². The molecule has 0 aromatic carbocycles. The molecule has 0 saturated carbocycles. The maximum absolute atomic E-state index is 12.2. The van der Waals surface area contributed by atoms with E-state index in [-0.39, 0.29) is 5.43 Å². The van der Waals surface area contributed by atoms with E-state index in [1.807, 2.05) is 44.2 Å². The summed E-state index contributed by atoms with van der Waals surface area (Å²) in [4.78, 5) is 15.6. The third-order valence-electron chi connectivity index (χ3n) is 3.25. The number of fused-ring (bicyclic) bond motifs is 1. The van der Waals surface area contributed by atoms with Gasteiger partial charge in [-0.3, -0.25) is 4.79 Å². The van der Waals surface area contributed by atoms with Gasteiger partial charge in [0.15, 0.2) is 5.43 Å². The van der Waals surface area contributed by atoms with Crippen molar-refractivity contribution in [2.45, 2.75) is 26.7 Å². The molecule has 0 spiro atoms. The van der Waals surface area contributed by atoms with Gasteiger partial charge in [-0.15, -0.1) is 0 Å². The second-order valence-corrected chi connectivity index (χ2v) is 4.60. The molecule has 0 radical (unpaired) electrons. The first-order chi connectivity index (χ1) is 10.3. The number of hydrogen-bond acceptors (Lipinski definition) is 1. The van der Waals surface area contributed by atoms with E-state index in [4.69, 9.17) is 0 Å². The van der Waals surface area contributed by atoms with Crippen LogP contribution < -0.4 is 16.0 Å². The molecule has 0 unspecified atom stereocenters. The van der Waals surface area contributed by atoms with Gasteiger partial charge in [-0.1, -0.05) is 62.5 Å². The molecule has 0 fully saturated rings. The molecule has 2 aliphatic rings. The second kappa shape index (κ2) is 7.44. The number of hydrogen-bond donors (Lipinski definition) is 1. The summed E-state index contributed by atoms with van der Waals surface area (Å²) in [6.07, 6.45) is 20.0. The third kappa shape index (κ3) is 3.60. The molecule has 1 heterocycles. The standard InChI is InChI=1S/C17H15NO.C2H6/c19-17-12-16(13-8-4-1-2-5-9-13)18-15-11-7-3-6-10-14(15)17;1-2/h1,3-6,8-12,18H,2,7H2;1-2H3. The van der Waals surface area contributed by atoms with Gasteiger partial charge in [-0.25, -0.2) is 0 Å². The smallest absolute Gasteiger partial charge is 0.190 e. The van der Waals surface area contributed by atoms with Crippen LogP contribution >= 0.6 is 0 Å². The minimum atomic E-state index is 0.0640. The van der Waals surface area contributed by atoms with Crippen molar-refractivity contribution in [1.29, 1.82) is 0 Å². The van der Waals surface area contributed by atoms with Gasteiger partial charge < -0.3 is 4.98 Å². The van der Waals surface area contributed by atoms with Crippen LogP contribution in [0.25, 0.3) is 17.7 Å². The average molecular weight is 279 g/mol. The second-order valence-electron chi connectivity index (χ2n) is 4.60. The van der Waals surface area contributed by atoms with Crippen LogP contribution in [0, 0.1) is 0 Å². The van der Waals surface area contributed by atoms with E-state index < -0.39 is 0 Å². The Bertz CT molecular complexity index is 786. The van der Waals surface area contributed by atoms with Crippen molar-refractivity contribution in [2.75, 3.05) is 0 Å². The fourth-order valence-electron chi connectivity index (χ4n) is 2.27. The molecular weight excluding hydrogens is 258 g/mol. The lowest BCUT2D eigenvalue weighted by molar-refractivity contribution is 1.16. The fraction of sp³-hybridized carbons (Fsp3) is 0.211. The Hall–Kier alpha value is -2.35. The fourth-order valence-corrected chi connectivity index (χ4v) is 2.27. The number of aromatic amines is 1.